The van der Waals surface area contributed by atoms with E-state index >= 15 is 0 Å². The molecule has 0 aliphatic carbocycles. The summed E-state index contributed by atoms with van der Waals surface area (Å²) in [5.41, 5.74) is 7.95. The molecule has 0 saturated heterocycles. The quantitative estimate of drug-likeness (QED) is 0.651. The molecule has 0 fully saturated rings. The van der Waals surface area contributed by atoms with Crippen molar-refractivity contribution in [1.29, 1.82) is 5.41 Å². The van der Waals surface area contributed by atoms with Crippen LogP contribution in [-0.4, -0.2) is 10.8 Å². The molecule has 3 N–H and O–H groups in total. The normalized spacial score (nSPS) is 11.9. The molecule has 0 amide bonds. The molecule has 4 nitrogen and oxygen atoms in total. The number of nitrogen functional groups attached to an aromatic ring is 1. The van der Waals surface area contributed by atoms with Gasteiger partial charge in [0, 0.05) is 5.69 Å². The van der Waals surface area contributed by atoms with Crippen LogP contribution < -0.4 is 10.5 Å². The smallest absolute Gasteiger partial charge is 0.225 e. The van der Waals surface area contributed by atoms with E-state index in [1.165, 1.54) is 0 Å². The molecule has 0 saturated carbocycles. The second-order valence-electron chi connectivity index (χ2n) is 4.39. The number of pyridine rings is 1. The van der Waals surface area contributed by atoms with E-state index in [1.807, 2.05) is 50.2 Å². The summed E-state index contributed by atoms with van der Waals surface area (Å²) in [5.74, 6) is 0.367. The molecule has 4 heteroatoms. The SMILES string of the molecule is Cc1ccc(C(=N)N)c(OC(C)c2ccccc2)n1. The van der Waals surface area contributed by atoms with Gasteiger partial charge in [0.15, 0.2) is 0 Å². The van der Waals surface area contributed by atoms with Crippen LogP contribution in [0.15, 0.2) is 42.5 Å². The van der Waals surface area contributed by atoms with Crippen LogP contribution in [0.5, 0.6) is 5.88 Å². The van der Waals surface area contributed by atoms with Crippen molar-refractivity contribution >= 4 is 5.84 Å². The van der Waals surface area contributed by atoms with Gasteiger partial charge >= 0.3 is 0 Å². The van der Waals surface area contributed by atoms with Gasteiger partial charge in [0.25, 0.3) is 0 Å². The van der Waals surface area contributed by atoms with Crippen LogP contribution in [0.4, 0.5) is 0 Å². The van der Waals surface area contributed by atoms with Crippen LogP contribution in [0, 0.1) is 12.3 Å². The van der Waals surface area contributed by atoms with Crippen LogP contribution in [0.25, 0.3) is 0 Å². The third-order valence-corrected chi connectivity index (χ3v) is 2.85. The summed E-state index contributed by atoms with van der Waals surface area (Å²) in [6, 6.07) is 13.5. The van der Waals surface area contributed by atoms with E-state index in [0.717, 1.165) is 11.3 Å². The number of benzene rings is 1. The number of nitrogens with two attached hydrogens (primary N) is 1. The molecule has 1 aromatic carbocycles. The van der Waals surface area contributed by atoms with E-state index in [4.69, 9.17) is 15.9 Å². The lowest BCUT2D eigenvalue weighted by Crippen LogP contribution is -2.15. The second kappa shape index (κ2) is 5.52. The predicted molar refractivity (Wildman–Crippen MR) is 75.5 cm³/mol. The van der Waals surface area contributed by atoms with Crippen LogP contribution in [0.1, 0.15) is 29.8 Å². The average Bonchev–Trinajstić information content (AvgIpc) is 2.39. The monoisotopic (exact) mass is 255 g/mol. The maximum absolute atomic E-state index is 7.55. The minimum Gasteiger partial charge on any atom is -0.469 e. The highest BCUT2D eigenvalue weighted by atomic mass is 16.5. The Hall–Kier alpha value is -2.36. The van der Waals surface area contributed by atoms with Gasteiger partial charge in [-0.15, -0.1) is 0 Å². The van der Waals surface area contributed by atoms with Gasteiger partial charge in [-0.25, -0.2) is 4.98 Å². The Morgan fingerprint density at radius 2 is 1.89 bits per heavy atom. The average molecular weight is 255 g/mol. The predicted octanol–water partition coefficient (Wildman–Crippen LogP) is 2.81. The molecular formula is C15H17N3O. The van der Waals surface area contributed by atoms with E-state index < -0.39 is 0 Å². The molecule has 0 aliphatic rings. The lowest BCUT2D eigenvalue weighted by Gasteiger charge is -2.16. The molecule has 0 aliphatic heterocycles. The summed E-state index contributed by atoms with van der Waals surface area (Å²) in [5, 5.41) is 7.55. The Bertz CT molecular complexity index is 581. The fourth-order valence-electron chi connectivity index (χ4n) is 1.79. The largest absolute Gasteiger partial charge is 0.469 e. The van der Waals surface area contributed by atoms with Gasteiger partial charge in [-0.05, 0) is 31.5 Å². The van der Waals surface area contributed by atoms with Crippen molar-refractivity contribution in [3.8, 4) is 5.88 Å². The lowest BCUT2D eigenvalue weighted by atomic mass is 10.1. The summed E-state index contributed by atoms with van der Waals surface area (Å²) in [4.78, 5) is 4.32. The Kier molecular flexibility index (Phi) is 3.80. The third kappa shape index (κ3) is 3.10. The van der Waals surface area contributed by atoms with Crippen LogP contribution >= 0.6 is 0 Å². The first kappa shape index (κ1) is 13.1. The topological polar surface area (TPSA) is 72.0 Å². The number of rotatable bonds is 4. The molecule has 0 bridgehead atoms. The number of aryl methyl sites for hydroxylation is 1. The number of aromatic nitrogens is 1. The molecule has 1 heterocycles. The summed E-state index contributed by atoms with van der Waals surface area (Å²) < 4.78 is 5.84. The fourth-order valence-corrected chi connectivity index (χ4v) is 1.79. The van der Waals surface area contributed by atoms with Crippen LogP contribution in [-0.2, 0) is 0 Å². The first-order valence-corrected chi connectivity index (χ1v) is 6.11. The first-order chi connectivity index (χ1) is 9.08. The fraction of sp³-hybridized carbons (Fsp3) is 0.200. The molecule has 0 radical (unpaired) electrons. The lowest BCUT2D eigenvalue weighted by molar-refractivity contribution is 0.216. The zero-order valence-corrected chi connectivity index (χ0v) is 11.1. The maximum atomic E-state index is 7.55. The number of nitrogens with zero attached hydrogens (tertiary/aromatic N) is 1. The van der Waals surface area contributed by atoms with Crippen molar-refractivity contribution in [1.82, 2.24) is 4.98 Å². The minimum absolute atomic E-state index is 0.0391. The van der Waals surface area contributed by atoms with E-state index in [2.05, 4.69) is 4.98 Å². The van der Waals surface area contributed by atoms with E-state index in [9.17, 15) is 0 Å². The van der Waals surface area contributed by atoms with Crippen molar-refractivity contribution in [2.75, 3.05) is 0 Å². The zero-order valence-electron chi connectivity index (χ0n) is 11.1. The molecule has 1 unspecified atom stereocenters. The van der Waals surface area contributed by atoms with Crippen molar-refractivity contribution in [2.24, 2.45) is 5.73 Å². The van der Waals surface area contributed by atoms with Gasteiger partial charge in [-0.1, -0.05) is 30.3 Å². The number of hydrogen-bond donors (Lipinski definition) is 2. The second-order valence-corrected chi connectivity index (χ2v) is 4.39. The Morgan fingerprint density at radius 1 is 1.21 bits per heavy atom. The Balaban J connectivity index is 2.28. The summed E-state index contributed by atoms with van der Waals surface area (Å²) in [6.45, 7) is 3.83. The number of hydrogen-bond acceptors (Lipinski definition) is 3. The van der Waals surface area contributed by atoms with Crippen molar-refractivity contribution in [3.05, 3.63) is 59.3 Å². The van der Waals surface area contributed by atoms with E-state index in [0.29, 0.717) is 11.4 Å². The third-order valence-electron chi connectivity index (χ3n) is 2.85. The van der Waals surface area contributed by atoms with Crippen LogP contribution in [0.2, 0.25) is 0 Å². The van der Waals surface area contributed by atoms with Crippen molar-refractivity contribution in [2.45, 2.75) is 20.0 Å². The molecule has 98 valence electrons. The zero-order chi connectivity index (χ0) is 13.8. The minimum atomic E-state index is -0.145. The molecule has 2 rings (SSSR count). The van der Waals surface area contributed by atoms with Crippen molar-refractivity contribution < 1.29 is 4.74 Å². The van der Waals surface area contributed by atoms with E-state index in [1.54, 1.807) is 6.07 Å². The summed E-state index contributed by atoms with van der Waals surface area (Å²) in [6.07, 6.45) is -0.145. The number of amidine groups is 1. The maximum Gasteiger partial charge on any atom is 0.225 e. The molecule has 1 atom stereocenters. The highest BCUT2D eigenvalue weighted by Gasteiger charge is 2.13. The van der Waals surface area contributed by atoms with Crippen LogP contribution in [0.3, 0.4) is 0 Å². The molecular weight excluding hydrogens is 238 g/mol. The van der Waals surface area contributed by atoms with Gasteiger partial charge < -0.3 is 10.5 Å². The van der Waals surface area contributed by atoms with Gasteiger partial charge in [0.2, 0.25) is 5.88 Å². The first-order valence-electron chi connectivity index (χ1n) is 6.11. The van der Waals surface area contributed by atoms with Gasteiger partial charge in [-0.3, -0.25) is 5.41 Å². The van der Waals surface area contributed by atoms with Gasteiger partial charge in [0.05, 0.1) is 5.56 Å². The highest BCUT2D eigenvalue weighted by Crippen LogP contribution is 2.23. The summed E-state index contributed by atoms with van der Waals surface area (Å²) in [7, 11) is 0. The molecule has 1 aromatic heterocycles. The van der Waals surface area contributed by atoms with Gasteiger partial charge in [-0.2, -0.15) is 0 Å². The molecule has 2 aromatic rings. The number of ether oxygens (including phenoxy) is 1. The highest BCUT2D eigenvalue weighted by molar-refractivity contribution is 5.97. The molecule has 19 heavy (non-hydrogen) atoms. The number of nitrogens with one attached hydrogen (secondary N) is 1. The van der Waals surface area contributed by atoms with Crippen molar-refractivity contribution in [3.63, 3.8) is 0 Å². The molecule has 0 spiro atoms. The van der Waals surface area contributed by atoms with E-state index in [-0.39, 0.29) is 11.9 Å². The Labute approximate surface area is 112 Å². The summed E-state index contributed by atoms with van der Waals surface area (Å²) >= 11 is 0. The Morgan fingerprint density at radius 3 is 2.53 bits per heavy atom. The standard InChI is InChI=1S/C15H17N3O/c1-10-8-9-13(14(16)17)15(18-10)19-11(2)12-6-4-3-5-7-12/h3-9,11H,1-2H3,(H3,16,17). The van der Waals surface area contributed by atoms with Gasteiger partial charge in [0.1, 0.15) is 11.9 Å².